The summed E-state index contributed by atoms with van der Waals surface area (Å²) in [6.07, 6.45) is 0. The Morgan fingerprint density at radius 2 is 2.12 bits per heavy atom. The summed E-state index contributed by atoms with van der Waals surface area (Å²) in [5.41, 5.74) is 0. The number of thiophene rings is 1. The van der Waals surface area contributed by atoms with Crippen LogP contribution in [0.15, 0.2) is 15.9 Å². The van der Waals surface area contributed by atoms with Crippen LogP contribution < -0.4 is 5.32 Å². The second-order valence-electron chi connectivity index (χ2n) is 4.98. The predicted octanol–water partition coefficient (Wildman–Crippen LogP) is 3.71. The number of rotatable bonds is 5. The zero-order valence-corrected chi connectivity index (χ0v) is 14.0. The Balaban J connectivity index is 2.35. The molecule has 2 atom stereocenters. The highest BCUT2D eigenvalue weighted by molar-refractivity contribution is 9.11. The molecule has 0 spiro atoms. The Bertz CT molecular complexity index is 384. The topological polar surface area (TPSA) is 29.1 Å². The van der Waals surface area contributed by atoms with E-state index >= 15 is 0 Å². The van der Waals surface area contributed by atoms with Gasteiger partial charge >= 0.3 is 0 Å². The van der Waals surface area contributed by atoms with Crippen LogP contribution >= 0.6 is 27.3 Å². The number of hydrogen-bond donors (Lipinski definition) is 1. The van der Waals surface area contributed by atoms with Crippen LogP contribution in [-0.4, -0.2) is 21.3 Å². The van der Waals surface area contributed by atoms with Gasteiger partial charge in [0.15, 0.2) is 0 Å². The summed E-state index contributed by atoms with van der Waals surface area (Å²) >= 11 is 5.20. The number of halogens is 1. The highest BCUT2D eigenvalue weighted by atomic mass is 79.9. The summed E-state index contributed by atoms with van der Waals surface area (Å²) in [5.74, 6) is 0.709. The molecule has 0 fully saturated rings. The van der Waals surface area contributed by atoms with Gasteiger partial charge in [0, 0.05) is 38.8 Å². The SMILES string of the molecule is C[C@@H](NCC[S@](=O)C(C)(C)C)c1ccc(Br)s1. The third kappa shape index (κ3) is 5.20. The van der Waals surface area contributed by atoms with Crippen LogP contribution in [0.3, 0.4) is 0 Å². The van der Waals surface area contributed by atoms with Crippen LogP contribution in [0.4, 0.5) is 0 Å². The molecule has 0 unspecified atom stereocenters. The van der Waals surface area contributed by atoms with Gasteiger partial charge in [0.1, 0.15) is 0 Å². The predicted molar refractivity (Wildman–Crippen MR) is 81.2 cm³/mol. The molecule has 1 heterocycles. The first kappa shape index (κ1) is 15.3. The van der Waals surface area contributed by atoms with Gasteiger partial charge in [-0.25, -0.2) is 0 Å². The maximum atomic E-state index is 11.9. The van der Waals surface area contributed by atoms with Gasteiger partial charge in [-0.1, -0.05) is 0 Å². The average molecular weight is 338 g/mol. The van der Waals surface area contributed by atoms with Gasteiger partial charge in [0.05, 0.1) is 3.79 Å². The van der Waals surface area contributed by atoms with E-state index in [2.05, 4.69) is 40.3 Å². The molecule has 0 aromatic carbocycles. The monoisotopic (exact) mass is 337 g/mol. The minimum Gasteiger partial charge on any atom is -0.309 e. The molecule has 0 saturated carbocycles. The molecule has 1 N–H and O–H groups in total. The van der Waals surface area contributed by atoms with Crippen LogP contribution in [0.2, 0.25) is 0 Å². The van der Waals surface area contributed by atoms with Gasteiger partial charge < -0.3 is 5.32 Å². The lowest BCUT2D eigenvalue weighted by Crippen LogP contribution is -2.30. The molecule has 0 saturated heterocycles. The minimum absolute atomic E-state index is 0.114. The van der Waals surface area contributed by atoms with Crippen molar-refractivity contribution in [3.63, 3.8) is 0 Å². The standard InChI is InChI=1S/C12H20BrNOS2/c1-9(10-5-6-11(13)16-10)14-7-8-17(15)12(2,3)4/h5-6,9,14H,7-8H2,1-4H3/t9-,17+/m1/s1. The first-order valence-electron chi connectivity index (χ1n) is 5.68. The smallest absolute Gasteiger partial charge is 0.0701 e. The molecule has 0 aliphatic heterocycles. The van der Waals surface area contributed by atoms with Crippen LogP contribution in [0.5, 0.6) is 0 Å². The maximum Gasteiger partial charge on any atom is 0.0701 e. The van der Waals surface area contributed by atoms with Crippen molar-refractivity contribution >= 4 is 38.1 Å². The average Bonchev–Trinajstić information content (AvgIpc) is 2.63. The number of nitrogens with one attached hydrogen (secondary N) is 1. The normalized spacial score (nSPS) is 15.8. The van der Waals surface area contributed by atoms with E-state index < -0.39 is 10.8 Å². The molecule has 1 rings (SSSR count). The van der Waals surface area contributed by atoms with E-state index in [1.165, 1.54) is 4.88 Å². The van der Waals surface area contributed by atoms with Crippen LogP contribution in [0.25, 0.3) is 0 Å². The van der Waals surface area contributed by atoms with Gasteiger partial charge in [-0.2, -0.15) is 0 Å². The first-order valence-corrected chi connectivity index (χ1v) is 8.60. The second kappa shape index (κ2) is 6.45. The van der Waals surface area contributed by atoms with Gasteiger partial charge in [0.25, 0.3) is 0 Å². The van der Waals surface area contributed by atoms with E-state index in [9.17, 15) is 4.21 Å². The molecular formula is C12H20BrNOS2. The molecule has 2 nitrogen and oxygen atoms in total. The van der Waals surface area contributed by atoms with E-state index in [1.54, 1.807) is 11.3 Å². The lowest BCUT2D eigenvalue weighted by molar-refractivity contribution is 0.598. The van der Waals surface area contributed by atoms with Gasteiger partial charge in [-0.15, -0.1) is 11.3 Å². The van der Waals surface area contributed by atoms with Crippen LogP contribution in [0, 0.1) is 0 Å². The van der Waals surface area contributed by atoms with E-state index in [1.807, 2.05) is 20.8 Å². The molecule has 0 bridgehead atoms. The molecule has 0 aliphatic rings. The zero-order chi connectivity index (χ0) is 13.1. The molecule has 0 amide bonds. The Hall–Kier alpha value is 0.290. The molecule has 5 heteroatoms. The summed E-state index contributed by atoms with van der Waals surface area (Å²) in [7, 11) is -0.773. The molecule has 0 radical (unpaired) electrons. The lowest BCUT2D eigenvalue weighted by atomic mass is 10.3. The Kier molecular flexibility index (Phi) is 5.83. The zero-order valence-electron chi connectivity index (χ0n) is 10.7. The van der Waals surface area contributed by atoms with Gasteiger partial charge in [-0.3, -0.25) is 4.21 Å². The lowest BCUT2D eigenvalue weighted by Gasteiger charge is -2.19. The van der Waals surface area contributed by atoms with Crippen molar-refractivity contribution < 1.29 is 4.21 Å². The van der Waals surface area contributed by atoms with Crippen molar-refractivity contribution in [3.8, 4) is 0 Å². The summed E-state index contributed by atoms with van der Waals surface area (Å²) < 4.78 is 12.9. The first-order chi connectivity index (χ1) is 7.80. The van der Waals surface area contributed by atoms with Crippen molar-refractivity contribution in [1.82, 2.24) is 5.32 Å². The molecule has 0 aliphatic carbocycles. The van der Waals surface area contributed by atoms with Gasteiger partial charge in [0.2, 0.25) is 0 Å². The van der Waals surface area contributed by atoms with Gasteiger partial charge in [-0.05, 0) is 55.8 Å². The van der Waals surface area contributed by atoms with E-state index in [-0.39, 0.29) is 4.75 Å². The van der Waals surface area contributed by atoms with E-state index in [0.717, 1.165) is 10.3 Å². The highest BCUT2D eigenvalue weighted by Crippen LogP contribution is 2.26. The molecule has 98 valence electrons. The van der Waals surface area contributed by atoms with Crippen molar-refractivity contribution in [1.29, 1.82) is 0 Å². The second-order valence-corrected chi connectivity index (χ2v) is 9.80. The summed E-state index contributed by atoms with van der Waals surface area (Å²) in [6, 6.07) is 4.50. The van der Waals surface area contributed by atoms with Crippen LogP contribution in [-0.2, 0) is 10.8 Å². The maximum absolute atomic E-state index is 11.9. The quantitative estimate of drug-likeness (QED) is 0.887. The number of hydrogen-bond acceptors (Lipinski definition) is 3. The van der Waals surface area contributed by atoms with Crippen molar-refractivity contribution in [3.05, 3.63) is 20.8 Å². The fourth-order valence-electron chi connectivity index (χ4n) is 1.34. The minimum atomic E-state index is -0.773. The molecule has 17 heavy (non-hydrogen) atoms. The Morgan fingerprint density at radius 1 is 1.47 bits per heavy atom. The van der Waals surface area contributed by atoms with Crippen molar-refractivity contribution in [2.45, 2.75) is 38.5 Å². The third-order valence-corrected chi connectivity index (χ3v) is 6.19. The van der Waals surface area contributed by atoms with E-state index in [4.69, 9.17) is 0 Å². The fourth-order valence-corrected chi connectivity index (χ4v) is 3.70. The summed E-state index contributed by atoms with van der Waals surface area (Å²) in [5, 5.41) is 3.41. The molecular weight excluding hydrogens is 318 g/mol. The Morgan fingerprint density at radius 3 is 2.59 bits per heavy atom. The largest absolute Gasteiger partial charge is 0.309 e. The van der Waals surface area contributed by atoms with Crippen molar-refractivity contribution in [2.75, 3.05) is 12.3 Å². The molecule has 1 aromatic rings. The Labute approximate surface area is 119 Å². The molecule has 1 aromatic heterocycles. The van der Waals surface area contributed by atoms with Crippen molar-refractivity contribution in [2.24, 2.45) is 0 Å². The highest BCUT2D eigenvalue weighted by Gasteiger charge is 2.19. The van der Waals surface area contributed by atoms with Crippen LogP contribution in [0.1, 0.15) is 38.6 Å². The fraction of sp³-hybridized carbons (Fsp3) is 0.667. The van der Waals surface area contributed by atoms with E-state index in [0.29, 0.717) is 11.8 Å². The summed E-state index contributed by atoms with van der Waals surface area (Å²) in [6.45, 7) is 8.98. The summed E-state index contributed by atoms with van der Waals surface area (Å²) in [4.78, 5) is 1.30. The third-order valence-electron chi connectivity index (χ3n) is 2.44.